The second-order valence-corrected chi connectivity index (χ2v) is 4.18. The van der Waals surface area contributed by atoms with E-state index in [9.17, 15) is 10.1 Å². The molecular formula is C13H14N4O2. The van der Waals surface area contributed by atoms with Crippen molar-refractivity contribution in [1.29, 1.82) is 0 Å². The molecule has 0 saturated heterocycles. The highest BCUT2D eigenvalue weighted by atomic mass is 16.6. The van der Waals surface area contributed by atoms with Gasteiger partial charge in [-0.1, -0.05) is 18.2 Å². The first kappa shape index (κ1) is 12.9. The molecule has 0 aliphatic heterocycles. The molecule has 2 rings (SSSR count). The Morgan fingerprint density at radius 3 is 2.79 bits per heavy atom. The molecule has 0 spiro atoms. The van der Waals surface area contributed by atoms with Crippen LogP contribution in [0.1, 0.15) is 17.0 Å². The van der Waals surface area contributed by atoms with Crippen molar-refractivity contribution in [2.45, 2.75) is 20.4 Å². The van der Waals surface area contributed by atoms with E-state index in [1.54, 1.807) is 24.4 Å². The van der Waals surface area contributed by atoms with E-state index in [4.69, 9.17) is 0 Å². The van der Waals surface area contributed by atoms with Crippen LogP contribution in [0.15, 0.2) is 30.5 Å². The van der Waals surface area contributed by atoms with Crippen LogP contribution in [0.25, 0.3) is 0 Å². The number of aromatic nitrogens is 2. The minimum absolute atomic E-state index is 0.105. The van der Waals surface area contributed by atoms with Crippen LogP contribution in [0, 0.1) is 24.0 Å². The summed E-state index contributed by atoms with van der Waals surface area (Å²) in [6.07, 6.45) is 1.69. The lowest BCUT2D eigenvalue weighted by Gasteiger charge is -2.08. The number of para-hydroxylation sites is 1. The number of anilines is 1. The van der Waals surface area contributed by atoms with Gasteiger partial charge in [-0.25, -0.2) is 4.98 Å². The van der Waals surface area contributed by atoms with Crippen LogP contribution in [-0.2, 0) is 6.54 Å². The van der Waals surface area contributed by atoms with Gasteiger partial charge < -0.3 is 5.32 Å². The fourth-order valence-electron chi connectivity index (χ4n) is 1.72. The van der Waals surface area contributed by atoms with Crippen molar-refractivity contribution in [2.75, 3.05) is 5.32 Å². The lowest BCUT2D eigenvalue weighted by atomic mass is 10.2. The van der Waals surface area contributed by atoms with E-state index in [1.165, 1.54) is 6.07 Å². The smallest absolute Gasteiger partial charge is 0.274 e. The monoisotopic (exact) mass is 258 g/mol. The standard InChI is InChI=1S/C13H14N4O2/c1-9-7-14-10(2)13(16-9)15-8-11-5-3-4-6-12(11)17(18)19/h3-7H,8H2,1-2H3,(H,15,16). The summed E-state index contributed by atoms with van der Waals surface area (Å²) in [7, 11) is 0. The predicted molar refractivity (Wildman–Crippen MR) is 71.9 cm³/mol. The summed E-state index contributed by atoms with van der Waals surface area (Å²) in [5.74, 6) is 0.651. The number of nitro groups is 1. The molecule has 0 fully saturated rings. The fraction of sp³-hybridized carbons (Fsp3) is 0.231. The Morgan fingerprint density at radius 1 is 1.32 bits per heavy atom. The molecule has 0 aliphatic carbocycles. The van der Waals surface area contributed by atoms with Gasteiger partial charge >= 0.3 is 0 Å². The van der Waals surface area contributed by atoms with Gasteiger partial charge in [0, 0.05) is 24.4 Å². The molecule has 1 aromatic heterocycles. The van der Waals surface area contributed by atoms with E-state index in [0.29, 0.717) is 17.9 Å². The van der Waals surface area contributed by atoms with E-state index in [1.807, 2.05) is 13.8 Å². The summed E-state index contributed by atoms with van der Waals surface area (Å²) >= 11 is 0. The quantitative estimate of drug-likeness (QED) is 0.673. The minimum atomic E-state index is -0.383. The van der Waals surface area contributed by atoms with E-state index in [-0.39, 0.29) is 10.6 Å². The van der Waals surface area contributed by atoms with Gasteiger partial charge in [-0.15, -0.1) is 0 Å². The highest BCUT2D eigenvalue weighted by molar-refractivity contribution is 5.45. The second-order valence-electron chi connectivity index (χ2n) is 4.18. The van der Waals surface area contributed by atoms with Gasteiger partial charge in [-0.2, -0.15) is 0 Å². The van der Waals surface area contributed by atoms with Gasteiger partial charge in [0.25, 0.3) is 5.69 Å². The van der Waals surface area contributed by atoms with Crippen molar-refractivity contribution >= 4 is 11.5 Å². The van der Waals surface area contributed by atoms with Crippen LogP contribution in [0.2, 0.25) is 0 Å². The van der Waals surface area contributed by atoms with Crippen LogP contribution < -0.4 is 5.32 Å². The van der Waals surface area contributed by atoms with E-state index in [0.717, 1.165) is 11.4 Å². The molecule has 0 bridgehead atoms. The number of benzene rings is 1. The highest BCUT2D eigenvalue weighted by Gasteiger charge is 2.12. The highest BCUT2D eigenvalue weighted by Crippen LogP contribution is 2.19. The minimum Gasteiger partial charge on any atom is -0.364 e. The lowest BCUT2D eigenvalue weighted by molar-refractivity contribution is -0.385. The second kappa shape index (κ2) is 5.43. The number of nitrogens with one attached hydrogen (secondary N) is 1. The summed E-state index contributed by atoms with van der Waals surface area (Å²) in [4.78, 5) is 19.0. The van der Waals surface area contributed by atoms with Gasteiger partial charge in [-0.3, -0.25) is 15.1 Å². The fourth-order valence-corrected chi connectivity index (χ4v) is 1.72. The summed E-state index contributed by atoms with van der Waals surface area (Å²) in [6, 6.07) is 6.65. The summed E-state index contributed by atoms with van der Waals surface area (Å²) in [5, 5.41) is 14.0. The number of aryl methyl sites for hydroxylation is 2. The van der Waals surface area contributed by atoms with E-state index in [2.05, 4.69) is 15.3 Å². The Balaban J connectivity index is 2.19. The molecule has 0 aliphatic rings. The number of hydrogen-bond acceptors (Lipinski definition) is 5. The molecule has 0 saturated carbocycles. The zero-order chi connectivity index (χ0) is 13.8. The topological polar surface area (TPSA) is 81.0 Å². The van der Waals surface area contributed by atoms with Gasteiger partial charge in [0.05, 0.1) is 16.3 Å². The van der Waals surface area contributed by atoms with Crippen LogP contribution in [0.3, 0.4) is 0 Å². The Bertz CT molecular complexity index is 613. The van der Waals surface area contributed by atoms with E-state index < -0.39 is 0 Å². The Morgan fingerprint density at radius 2 is 2.05 bits per heavy atom. The van der Waals surface area contributed by atoms with Gasteiger partial charge in [-0.05, 0) is 13.8 Å². The normalized spacial score (nSPS) is 10.2. The first-order valence-electron chi connectivity index (χ1n) is 5.84. The Labute approximate surface area is 110 Å². The van der Waals surface area contributed by atoms with Crippen molar-refractivity contribution in [3.8, 4) is 0 Å². The molecule has 2 aromatic rings. The molecular weight excluding hydrogens is 244 g/mol. The third-order valence-corrected chi connectivity index (χ3v) is 2.71. The average molecular weight is 258 g/mol. The molecule has 1 N–H and O–H groups in total. The SMILES string of the molecule is Cc1cnc(C)c(NCc2ccccc2[N+](=O)[O-])n1. The summed E-state index contributed by atoms with van der Waals surface area (Å²) in [6.45, 7) is 4.03. The maximum absolute atomic E-state index is 10.9. The Kier molecular flexibility index (Phi) is 3.70. The molecule has 0 unspecified atom stereocenters. The molecule has 19 heavy (non-hydrogen) atoms. The number of hydrogen-bond donors (Lipinski definition) is 1. The molecule has 6 heteroatoms. The van der Waals surface area contributed by atoms with Crippen molar-refractivity contribution in [3.05, 3.63) is 57.5 Å². The third-order valence-electron chi connectivity index (χ3n) is 2.71. The van der Waals surface area contributed by atoms with Crippen molar-refractivity contribution in [3.63, 3.8) is 0 Å². The largest absolute Gasteiger partial charge is 0.364 e. The number of rotatable bonds is 4. The van der Waals surface area contributed by atoms with Crippen molar-refractivity contribution in [1.82, 2.24) is 9.97 Å². The van der Waals surface area contributed by atoms with Crippen LogP contribution >= 0.6 is 0 Å². The lowest BCUT2D eigenvalue weighted by Crippen LogP contribution is -2.07. The molecule has 6 nitrogen and oxygen atoms in total. The predicted octanol–water partition coefficient (Wildman–Crippen LogP) is 2.61. The molecule has 1 aromatic carbocycles. The summed E-state index contributed by atoms with van der Waals surface area (Å²) < 4.78 is 0. The zero-order valence-electron chi connectivity index (χ0n) is 10.8. The zero-order valence-corrected chi connectivity index (χ0v) is 10.8. The molecule has 98 valence electrons. The van der Waals surface area contributed by atoms with Crippen LogP contribution in [0.5, 0.6) is 0 Å². The van der Waals surface area contributed by atoms with Gasteiger partial charge in [0.15, 0.2) is 0 Å². The van der Waals surface area contributed by atoms with Gasteiger partial charge in [0.2, 0.25) is 0 Å². The van der Waals surface area contributed by atoms with Gasteiger partial charge in [0.1, 0.15) is 5.82 Å². The maximum atomic E-state index is 10.9. The number of nitro benzene ring substituents is 1. The van der Waals surface area contributed by atoms with E-state index >= 15 is 0 Å². The van der Waals surface area contributed by atoms with Crippen molar-refractivity contribution in [2.24, 2.45) is 0 Å². The van der Waals surface area contributed by atoms with Crippen LogP contribution in [-0.4, -0.2) is 14.9 Å². The molecule has 0 amide bonds. The van der Waals surface area contributed by atoms with Crippen LogP contribution in [0.4, 0.5) is 11.5 Å². The third kappa shape index (κ3) is 3.04. The summed E-state index contributed by atoms with van der Waals surface area (Å²) in [5.41, 5.74) is 2.29. The Hall–Kier alpha value is -2.50. The number of nitrogens with zero attached hydrogens (tertiary/aromatic N) is 3. The maximum Gasteiger partial charge on any atom is 0.274 e. The first-order valence-corrected chi connectivity index (χ1v) is 5.84. The molecule has 0 radical (unpaired) electrons. The molecule has 0 atom stereocenters. The first-order chi connectivity index (χ1) is 9.08. The average Bonchev–Trinajstić information content (AvgIpc) is 2.40. The molecule has 1 heterocycles. The van der Waals surface area contributed by atoms with Crippen molar-refractivity contribution < 1.29 is 4.92 Å².